The molecule has 23 heavy (non-hydrogen) atoms. The van der Waals surface area contributed by atoms with Crippen molar-refractivity contribution in [2.24, 2.45) is 0 Å². The molecular weight excluding hydrogens is 320 g/mol. The average Bonchev–Trinajstić information content (AvgIpc) is 2.54. The molecule has 1 aromatic carbocycles. The summed E-state index contributed by atoms with van der Waals surface area (Å²) in [5.41, 5.74) is 2.10. The van der Waals surface area contributed by atoms with E-state index in [2.05, 4.69) is 4.90 Å². The van der Waals surface area contributed by atoms with Crippen LogP contribution in [0, 0.1) is 0 Å². The molecule has 2 rings (SSSR count). The molecule has 0 N–H and O–H groups in total. The molecule has 0 spiro atoms. The van der Waals surface area contributed by atoms with Crippen molar-refractivity contribution in [2.45, 2.75) is 6.42 Å². The molecule has 1 aliphatic rings. The van der Waals surface area contributed by atoms with E-state index in [1.165, 1.54) is 7.11 Å². The highest BCUT2D eigenvalue weighted by molar-refractivity contribution is 7.85. The Morgan fingerprint density at radius 3 is 2.26 bits per heavy atom. The standard InChI is InChI=1S/C15H22N2O5S/c1-21-15(18)17-10-8-16(9-11-17)14-5-3-13(4-6-14)7-12-22-23(2,19)20/h3-6H,7-12H2,1-2H3. The highest BCUT2D eigenvalue weighted by Gasteiger charge is 2.21. The zero-order valence-electron chi connectivity index (χ0n) is 13.4. The largest absolute Gasteiger partial charge is 0.453 e. The van der Waals surface area contributed by atoms with Gasteiger partial charge in [0.05, 0.1) is 20.0 Å². The van der Waals surface area contributed by atoms with Crippen LogP contribution in [0.3, 0.4) is 0 Å². The lowest BCUT2D eigenvalue weighted by molar-refractivity contribution is 0.121. The van der Waals surface area contributed by atoms with Gasteiger partial charge in [-0.15, -0.1) is 0 Å². The lowest BCUT2D eigenvalue weighted by Gasteiger charge is -2.35. The van der Waals surface area contributed by atoms with Gasteiger partial charge in [0.25, 0.3) is 10.1 Å². The van der Waals surface area contributed by atoms with Crippen molar-refractivity contribution < 1.29 is 22.1 Å². The summed E-state index contributed by atoms with van der Waals surface area (Å²) >= 11 is 0. The zero-order chi connectivity index (χ0) is 16.9. The van der Waals surface area contributed by atoms with Gasteiger partial charge < -0.3 is 14.5 Å². The predicted molar refractivity (Wildman–Crippen MR) is 87.1 cm³/mol. The Morgan fingerprint density at radius 1 is 1.13 bits per heavy atom. The molecular formula is C15H22N2O5S. The maximum Gasteiger partial charge on any atom is 0.409 e. The average molecular weight is 342 g/mol. The molecule has 0 saturated carbocycles. The highest BCUT2D eigenvalue weighted by atomic mass is 32.2. The van der Waals surface area contributed by atoms with Crippen LogP contribution in [0.15, 0.2) is 24.3 Å². The van der Waals surface area contributed by atoms with Crippen LogP contribution in [0.25, 0.3) is 0 Å². The quantitative estimate of drug-likeness (QED) is 0.746. The Hall–Kier alpha value is -1.80. The van der Waals surface area contributed by atoms with Crippen LogP contribution in [0.4, 0.5) is 10.5 Å². The number of methoxy groups -OCH3 is 1. The van der Waals surface area contributed by atoms with Crippen molar-refractivity contribution in [3.63, 3.8) is 0 Å². The predicted octanol–water partition coefficient (Wildman–Crippen LogP) is 1.09. The summed E-state index contributed by atoms with van der Waals surface area (Å²) in [6.07, 6.45) is 1.30. The first kappa shape index (κ1) is 17.6. The number of ether oxygens (including phenoxy) is 1. The molecule has 1 saturated heterocycles. The number of carbonyl (C=O) groups is 1. The molecule has 0 atom stereocenters. The lowest BCUT2D eigenvalue weighted by atomic mass is 10.1. The Bertz CT molecular complexity index is 622. The van der Waals surface area contributed by atoms with Gasteiger partial charge in [0, 0.05) is 31.9 Å². The molecule has 0 aromatic heterocycles. The molecule has 1 heterocycles. The molecule has 0 bridgehead atoms. The van der Waals surface area contributed by atoms with Crippen LogP contribution in [0.1, 0.15) is 5.56 Å². The van der Waals surface area contributed by atoms with Gasteiger partial charge in [0.15, 0.2) is 0 Å². The molecule has 8 heteroatoms. The first-order chi connectivity index (χ1) is 10.9. The molecule has 0 unspecified atom stereocenters. The Kier molecular flexibility index (Phi) is 5.84. The summed E-state index contributed by atoms with van der Waals surface area (Å²) in [6, 6.07) is 7.94. The fourth-order valence-electron chi connectivity index (χ4n) is 2.46. The van der Waals surface area contributed by atoms with Gasteiger partial charge in [0.2, 0.25) is 0 Å². The third-order valence-corrected chi connectivity index (χ3v) is 4.30. The normalized spacial score (nSPS) is 15.6. The molecule has 1 fully saturated rings. The van der Waals surface area contributed by atoms with Gasteiger partial charge >= 0.3 is 6.09 Å². The lowest BCUT2D eigenvalue weighted by Crippen LogP contribution is -2.48. The SMILES string of the molecule is COC(=O)N1CCN(c2ccc(CCOS(C)(=O)=O)cc2)CC1. The number of amides is 1. The van der Waals surface area contributed by atoms with E-state index in [9.17, 15) is 13.2 Å². The number of piperazine rings is 1. The van der Waals surface area contributed by atoms with Crippen LogP contribution >= 0.6 is 0 Å². The third kappa shape index (κ3) is 5.40. The van der Waals surface area contributed by atoms with Crippen LogP contribution in [0.2, 0.25) is 0 Å². The van der Waals surface area contributed by atoms with E-state index in [1.807, 2.05) is 24.3 Å². The summed E-state index contributed by atoms with van der Waals surface area (Å²) in [5.74, 6) is 0. The topological polar surface area (TPSA) is 76.2 Å². The van der Waals surface area contributed by atoms with Crippen molar-refractivity contribution in [1.82, 2.24) is 4.90 Å². The Morgan fingerprint density at radius 2 is 1.74 bits per heavy atom. The summed E-state index contributed by atoms with van der Waals surface area (Å²) in [4.78, 5) is 15.3. The van der Waals surface area contributed by atoms with Gasteiger partial charge in [-0.25, -0.2) is 4.79 Å². The monoisotopic (exact) mass is 342 g/mol. The van der Waals surface area contributed by atoms with Crippen LogP contribution in [0.5, 0.6) is 0 Å². The van der Waals surface area contributed by atoms with Crippen molar-refractivity contribution in [3.8, 4) is 0 Å². The molecule has 0 radical (unpaired) electrons. The number of hydrogen-bond acceptors (Lipinski definition) is 6. The molecule has 1 aromatic rings. The number of benzene rings is 1. The van der Waals surface area contributed by atoms with Crippen molar-refractivity contribution in [3.05, 3.63) is 29.8 Å². The van der Waals surface area contributed by atoms with E-state index < -0.39 is 10.1 Å². The zero-order valence-corrected chi connectivity index (χ0v) is 14.2. The minimum atomic E-state index is -3.38. The minimum absolute atomic E-state index is 0.149. The van der Waals surface area contributed by atoms with E-state index in [1.54, 1.807) is 4.90 Å². The molecule has 1 aliphatic heterocycles. The Balaban J connectivity index is 1.84. The van der Waals surface area contributed by atoms with Crippen molar-refractivity contribution >= 4 is 21.9 Å². The molecule has 128 valence electrons. The van der Waals surface area contributed by atoms with E-state index >= 15 is 0 Å². The summed E-state index contributed by atoms with van der Waals surface area (Å²) in [5, 5.41) is 0. The summed E-state index contributed by atoms with van der Waals surface area (Å²) in [6.45, 7) is 2.93. The van der Waals surface area contributed by atoms with Gasteiger partial charge in [0.1, 0.15) is 0 Å². The number of hydrogen-bond donors (Lipinski definition) is 0. The van der Waals surface area contributed by atoms with Crippen molar-refractivity contribution in [1.29, 1.82) is 0 Å². The van der Waals surface area contributed by atoms with E-state index in [4.69, 9.17) is 8.92 Å². The number of anilines is 1. The van der Waals surface area contributed by atoms with Crippen LogP contribution in [-0.2, 0) is 25.5 Å². The first-order valence-corrected chi connectivity index (χ1v) is 9.22. The second kappa shape index (κ2) is 7.65. The fourth-order valence-corrected chi connectivity index (χ4v) is 2.85. The van der Waals surface area contributed by atoms with E-state index in [0.717, 1.165) is 30.6 Å². The number of nitrogens with zero attached hydrogens (tertiary/aromatic N) is 2. The van der Waals surface area contributed by atoms with E-state index in [0.29, 0.717) is 19.5 Å². The molecule has 7 nitrogen and oxygen atoms in total. The van der Waals surface area contributed by atoms with Crippen LogP contribution < -0.4 is 4.90 Å². The highest BCUT2D eigenvalue weighted by Crippen LogP contribution is 2.18. The van der Waals surface area contributed by atoms with Crippen LogP contribution in [-0.4, -0.2) is 65.6 Å². The smallest absolute Gasteiger partial charge is 0.409 e. The maximum atomic E-state index is 11.5. The first-order valence-electron chi connectivity index (χ1n) is 7.40. The second-order valence-electron chi connectivity index (χ2n) is 5.39. The number of carbonyl (C=O) groups excluding carboxylic acids is 1. The van der Waals surface area contributed by atoms with Gasteiger partial charge in [-0.3, -0.25) is 4.18 Å². The van der Waals surface area contributed by atoms with Crippen molar-refractivity contribution in [2.75, 3.05) is 51.1 Å². The third-order valence-electron chi connectivity index (χ3n) is 3.70. The second-order valence-corrected chi connectivity index (χ2v) is 7.03. The Labute approximate surface area is 136 Å². The summed E-state index contributed by atoms with van der Waals surface area (Å²) < 4.78 is 31.3. The molecule has 0 aliphatic carbocycles. The number of rotatable bonds is 5. The van der Waals surface area contributed by atoms with Gasteiger partial charge in [-0.05, 0) is 24.1 Å². The van der Waals surface area contributed by atoms with Gasteiger partial charge in [-0.1, -0.05) is 12.1 Å². The molecule has 1 amide bonds. The van der Waals surface area contributed by atoms with E-state index in [-0.39, 0.29) is 12.7 Å². The minimum Gasteiger partial charge on any atom is -0.453 e. The summed E-state index contributed by atoms with van der Waals surface area (Å²) in [7, 11) is -1.99. The maximum absolute atomic E-state index is 11.5. The fraction of sp³-hybridized carbons (Fsp3) is 0.533. The van der Waals surface area contributed by atoms with Gasteiger partial charge in [-0.2, -0.15) is 8.42 Å².